The minimum atomic E-state index is -4.82. The molecule has 0 fully saturated rings. The molecule has 0 aliphatic heterocycles. The minimum Gasteiger partial charge on any atom is -0.293 e. The van der Waals surface area contributed by atoms with Crippen LogP contribution < -0.4 is 5.43 Å². The number of Topliss-reactive ketones (excluding diaryl/α,β-unsaturated/α-hetero) is 1. The third kappa shape index (κ3) is 4.17. The Morgan fingerprint density at radius 3 is 2.50 bits per heavy atom. The van der Waals surface area contributed by atoms with Gasteiger partial charge in [-0.05, 0) is 29.0 Å². The monoisotopic (exact) mass is 396 g/mol. The number of hydrogen-bond acceptors (Lipinski definition) is 5. The van der Waals surface area contributed by atoms with Crippen LogP contribution in [-0.4, -0.2) is 23.6 Å². The molecule has 2 aromatic heterocycles. The molecule has 1 aromatic carbocycles. The van der Waals surface area contributed by atoms with Gasteiger partial charge in [-0.25, -0.2) is 5.43 Å². The van der Waals surface area contributed by atoms with Gasteiger partial charge in [0.25, 0.3) is 5.91 Å². The largest absolute Gasteiger partial charge is 0.431 e. The van der Waals surface area contributed by atoms with Gasteiger partial charge < -0.3 is 0 Å². The lowest BCUT2D eigenvalue weighted by molar-refractivity contribution is -0.0605. The van der Waals surface area contributed by atoms with E-state index in [0.717, 1.165) is 32.8 Å². The topological polar surface area (TPSA) is 58.5 Å². The van der Waals surface area contributed by atoms with Gasteiger partial charge in [0, 0.05) is 4.70 Å². The number of halogens is 3. The van der Waals surface area contributed by atoms with Crippen molar-refractivity contribution in [2.45, 2.75) is 12.6 Å². The number of hydrogen-bond donors (Lipinski definition) is 1. The van der Waals surface area contributed by atoms with Crippen molar-refractivity contribution in [3.05, 3.63) is 57.6 Å². The molecule has 0 saturated heterocycles. The molecule has 0 radical (unpaired) electrons. The number of carbonyl (C=O) groups is 2. The molecular formula is C17H11F3N2O2S2. The van der Waals surface area contributed by atoms with Crippen molar-refractivity contribution in [3.8, 4) is 0 Å². The van der Waals surface area contributed by atoms with Crippen LogP contribution in [0.2, 0.25) is 0 Å². The first-order chi connectivity index (χ1) is 12.3. The molecule has 0 aliphatic carbocycles. The molecule has 26 heavy (non-hydrogen) atoms. The standard InChI is InChI=1S/C17H11F3N2O2S2/c18-17(19,20)15(9-11(23)13-6-3-7-25-13)21-22-16(24)14-8-10-4-1-2-5-12(10)26-14/h1-8H,9H2,(H,22,24). The number of nitrogens with one attached hydrogen (secondary N) is 1. The highest BCUT2D eigenvalue weighted by molar-refractivity contribution is 7.20. The van der Waals surface area contributed by atoms with Gasteiger partial charge in [-0.15, -0.1) is 22.7 Å². The van der Waals surface area contributed by atoms with Crippen molar-refractivity contribution in [1.82, 2.24) is 5.43 Å². The molecule has 9 heteroatoms. The number of nitrogens with zero attached hydrogens (tertiary/aromatic N) is 1. The molecule has 0 aliphatic rings. The fourth-order valence-corrected chi connectivity index (χ4v) is 3.76. The quantitative estimate of drug-likeness (QED) is 0.379. The number of fused-ring (bicyclic) bond motifs is 1. The highest BCUT2D eigenvalue weighted by atomic mass is 32.1. The van der Waals surface area contributed by atoms with Crippen LogP contribution in [0.25, 0.3) is 10.1 Å². The average molecular weight is 396 g/mol. The number of thiophene rings is 2. The van der Waals surface area contributed by atoms with Crippen LogP contribution >= 0.6 is 22.7 Å². The van der Waals surface area contributed by atoms with Crippen molar-refractivity contribution in [1.29, 1.82) is 0 Å². The first-order valence-corrected chi connectivity index (χ1v) is 9.03. The first-order valence-electron chi connectivity index (χ1n) is 7.34. The molecular weight excluding hydrogens is 385 g/mol. The van der Waals surface area contributed by atoms with Crippen molar-refractivity contribution in [2.24, 2.45) is 5.10 Å². The summed E-state index contributed by atoms with van der Waals surface area (Å²) in [6, 6.07) is 11.8. The molecule has 0 spiro atoms. The minimum absolute atomic E-state index is 0.206. The predicted molar refractivity (Wildman–Crippen MR) is 96.0 cm³/mol. The van der Waals surface area contributed by atoms with Gasteiger partial charge in [0.05, 0.1) is 16.2 Å². The molecule has 134 valence electrons. The van der Waals surface area contributed by atoms with Crippen LogP contribution in [0.1, 0.15) is 25.8 Å². The molecule has 0 atom stereocenters. The summed E-state index contributed by atoms with van der Waals surface area (Å²) in [4.78, 5) is 24.5. The molecule has 1 amide bonds. The highest BCUT2D eigenvalue weighted by Gasteiger charge is 2.37. The van der Waals surface area contributed by atoms with Crippen LogP contribution in [0.5, 0.6) is 0 Å². The fraction of sp³-hybridized carbons (Fsp3) is 0.118. The summed E-state index contributed by atoms with van der Waals surface area (Å²) in [6.45, 7) is 0. The number of hydrazone groups is 1. The average Bonchev–Trinajstić information content (AvgIpc) is 3.25. The van der Waals surface area contributed by atoms with Crippen molar-refractivity contribution in [2.75, 3.05) is 0 Å². The molecule has 0 unspecified atom stereocenters. The van der Waals surface area contributed by atoms with E-state index in [9.17, 15) is 22.8 Å². The zero-order chi connectivity index (χ0) is 18.7. The van der Waals surface area contributed by atoms with Crippen LogP contribution in [0.3, 0.4) is 0 Å². The summed E-state index contributed by atoms with van der Waals surface area (Å²) in [5.74, 6) is -1.45. The SMILES string of the molecule is O=C(CC(=NNC(=O)c1cc2ccccc2s1)C(F)(F)F)c1cccs1. The van der Waals surface area contributed by atoms with Crippen LogP contribution in [0.15, 0.2) is 52.9 Å². The van der Waals surface area contributed by atoms with E-state index < -0.39 is 30.0 Å². The summed E-state index contributed by atoms with van der Waals surface area (Å²) in [6.07, 6.45) is -5.75. The summed E-state index contributed by atoms with van der Waals surface area (Å²) < 4.78 is 40.2. The Bertz CT molecular complexity index is 942. The van der Waals surface area contributed by atoms with Gasteiger partial charge in [0.15, 0.2) is 5.78 Å². The Balaban J connectivity index is 1.77. The maximum absolute atomic E-state index is 13.1. The maximum Gasteiger partial charge on any atom is 0.431 e. The van der Waals surface area contributed by atoms with E-state index in [-0.39, 0.29) is 9.75 Å². The zero-order valence-corrected chi connectivity index (χ0v) is 14.7. The van der Waals surface area contributed by atoms with Gasteiger partial charge in [0.1, 0.15) is 5.71 Å². The Morgan fingerprint density at radius 1 is 1.08 bits per heavy atom. The third-order valence-electron chi connectivity index (χ3n) is 3.39. The summed E-state index contributed by atoms with van der Waals surface area (Å²) in [5, 5.41) is 5.59. The smallest absolute Gasteiger partial charge is 0.293 e. The number of amides is 1. The molecule has 0 saturated carbocycles. The van der Waals surface area contributed by atoms with Crippen LogP contribution in [-0.2, 0) is 0 Å². The normalized spacial score (nSPS) is 12.3. The number of rotatable bonds is 5. The molecule has 3 rings (SSSR count). The fourth-order valence-electron chi connectivity index (χ4n) is 2.15. The molecule has 4 nitrogen and oxygen atoms in total. The summed E-state index contributed by atoms with van der Waals surface area (Å²) in [7, 11) is 0. The number of alkyl halides is 3. The molecule has 2 heterocycles. The highest BCUT2D eigenvalue weighted by Crippen LogP contribution is 2.25. The van der Waals surface area contributed by atoms with Crippen LogP contribution in [0, 0.1) is 0 Å². The lowest BCUT2D eigenvalue weighted by Crippen LogP contribution is -2.30. The van der Waals surface area contributed by atoms with Crippen LogP contribution in [0.4, 0.5) is 13.2 Å². The second-order valence-corrected chi connectivity index (χ2v) is 7.25. The summed E-state index contributed by atoms with van der Waals surface area (Å²) in [5.41, 5.74) is 0.566. The van der Waals surface area contributed by atoms with Crippen molar-refractivity contribution < 1.29 is 22.8 Å². The number of carbonyl (C=O) groups excluding carboxylic acids is 2. The Kier molecular flexibility index (Phi) is 5.19. The lowest BCUT2D eigenvalue weighted by Gasteiger charge is -2.09. The number of benzene rings is 1. The first kappa shape index (κ1) is 18.3. The second-order valence-electron chi connectivity index (χ2n) is 5.22. The Hall–Kier alpha value is -2.52. The van der Waals surface area contributed by atoms with Gasteiger partial charge in [-0.2, -0.15) is 18.3 Å². The summed E-state index contributed by atoms with van der Waals surface area (Å²) >= 11 is 2.20. The molecule has 3 aromatic rings. The Labute approximate surface area is 154 Å². The predicted octanol–water partition coefficient (Wildman–Crippen LogP) is 4.88. The van der Waals surface area contributed by atoms with Gasteiger partial charge >= 0.3 is 6.18 Å². The zero-order valence-electron chi connectivity index (χ0n) is 13.0. The van der Waals surface area contributed by atoms with E-state index in [4.69, 9.17) is 0 Å². The number of ketones is 1. The molecule has 0 bridgehead atoms. The van der Waals surface area contributed by atoms with Gasteiger partial charge in [0.2, 0.25) is 0 Å². The Morgan fingerprint density at radius 2 is 1.85 bits per heavy atom. The van der Waals surface area contributed by atoms with E-state index in [1.807, 2.05) is 5.43 Å². The second kappa shape index (κ2) is 7.38. The van der Waals surface area contributed by atoms with E-state index >= 15 is 0 Å². The van der Waals surface area contributed by atoms with E-state index in [1.54, 1.807) is 41.8 Å². The third-order valence-corrected chi connectivity index (χ3v) is 5.42. The van der Waals surface area contributed by atoms with Crippen molar-refractivity contribution >= 4 is 50.2 Å². The van der Waals surface area contributed by atoms with Crippen molar-refractivity contribution in [3.63, 3.8) is 0 Å². The van der Waals surface area contributed by atoms with E-state index in [1.165, 1.54) is 6.07 Å². The lowest BCUT2D eigenvalue weighted by atomic mass is 10.1. The molecule has 1 N–H and O–H groups in total. The van der Waals surface area contributed by atoms with E-state index in [2.05, 4.69) is 5.10 Å². The van der Waals surface area contributed by atoms with E-state index in [0.29, 0.717) is 0 Å². The van der Waals surface area contributed by atoms with Gasteiger partial charge in [-0.3, -0.25) is 9.59 Å². The van der Waals surface area contributed by atoms with Gasteiger partial charge in [-0.1, -0.05) is 24.3 Å². The maximum atomic E-state index is 13.1.